The second-order valence-corrected chi connectivity index (χ2v) is 8.79. The number of para-hydroxylation sites is 1. The van der Waals surface area contributed by atoms with Crippen molar-refractivity contribution < 1.29 is 9.90 Å². The molecule has 3 aromatic rings. The van der Waals surface area contributed by atoms with Crippen molar-refractivity contribution in [3.8, 4) is 0 Å². The normalized spacial score (nSPS) is 15.2. The number of nitrogens with one attached hydrogen (secondary N) is 1. The highest BCUT2D eigenvalue weighted by Crippen LogP contribution is 2.35. The van der Waals surface area contributed by atoms with Gasteiger partial charge in [-0.15, -0.1) is 0 Å². The monoisotopic (exact) mass is 458 g/mol. The number of nitrogens with zero attached hydrogens (tertiary/aromatic N) is 5. The number of aromatic amines is 1. The topological polar surface area (TPSA) is 90.7 Å². The van der Waals surface area contributed by atoms with E-state index in [9.17, 15) is 4.79 Å². The number of carboxylic acids is 1. The van der Waals surface area contributed by atoms with E-state index in [-0.39, 0.29) is 6.42 Å². The van der Waals surface area contributed by atoms with Gasteiger partial charge in [0.2, 0.25) is 0 Å². The maximum atomic E-state index is 11.1. The Morgan fingerprint density at radius 3 is 2.82 bits per heavy atom. The van der Waals surface area contributed by atoms with Crippen LogP contribution in [0.4, 0.5) is 11.5 Å². The minimum atomic E-state index is -0.841. The number of H-pyrrole nitrogens is 1. The van der Waals surface area contributed by atoms with Gasteiger partial charge in [-0.25, -0.2) is 4.90 Å². The molecular formula is C24H22N6O2S+. The molecule has 0 saturated carbocycles. The van der Waals surface area contributed by atoms with Gasteiger partial charge >= 0.3 is 5.97 Å². The lowest BCUT2D eigenvalue weighted by molar-refractivity contribution is -0.136. The number of aliphatic imine (C=N–C) groups is 1. The highest BCUT2D eigenvalue weighted by atomic mass is 32.2. The Balaban J connectivity index is 1.52. The van der Waals surface area contributed by atoms with Crippen molar-refractivity contribution in [2.24, 2.45) is 4.99 Å². The first-order chi connectivity index (χ1) is 16.1. The van der Waals surface area contributed by atoms with Crippen LogP contribution in [0.1, 0.15) is 11.3 Å². The van der Waals surface area contributed by atoms with Crippen LogP contribution in [0.5, 0.6) is 0 Å². The van der Waals surface area contributed by atoms with Crippen molar-refractivity contribution in [1.82, 2.24) is 19.4 Å². The Kier molecular flexibility index (Phi) is 5.72. The molecule has 5 rings (SSSR count). The van der Waals surface area contributed by atoms with Crippen molar-refractivity contribution in [1.29, 1.82) is 0 Å². The van der Waals surface area contributed by atoms with E-state index < -0.39 is 5.97 Å². The number of amidine groups is 1. The molecule has 2 aliphatic heterocycles. The molecular weight excluding hydrogens is 436 g/mol. The third-order valence-corrected chi connectivity index (χ3v) is 6.10. The van der Waals surface area contributed by atoms with Crippen molar-refractivity contribution in [3.63, 3.8) is 0 Å². The van der Waals surface area contributed by atoms with Gasteiger partial charge in [-0.1, -0.05) is 30.3 Å². The average Bonchev–Trinajstić information content (AvgIpc) is 3.43. The van der Waals surface area contributed by atoms with Crippen LogP contribution >= 0.6 is 11.9 Å². The quantitative estimate of drug-likeness (QED) is 0.405. The number of fused-ring (bicyclic) bond motifs is 1. The molecule has 33 heavy (non-hydrogen) atoms. The maximum Gasteiger partial charge on any atom is 0.307 e. The zero-order valence-corrected chi connectivity index (χ0v) is 18.7. The number of hydrogen-bond acceptors (Lipinski definition) is 7. The van der Waals surface area contributed by atoms with Gasteiger partial charge in [0, 0.05) is 16.7 Å². The van der Waals surface area contributed by atoms with Gasteiger partial charge in [0.15, 0.2) is 12.0 Å². The van der Waals surface area contributed by atoms with Crippen molar-refractivity contribution in [3.05, 3.63) is 96.3 Å². The molecule has 165 valence electrons. The highest BCUT2D eigenvalue weighted by molar-refractivity contribution is 7.97. The lowest BCUT2D eigenvalue weighted by Gasteiger charge is -2.29. The minimum absolute atomic E-state index is 0.000189. The zero-order chi connectivity index (χ0) is 22.8. The summed E-state index contributed by atoms with van der Waals surface area (Å²) in [5, 5.41) is 16.7. The summed E-state index contributed by atoms with van der Waals surface area (Å²) in [4.78, 5) is 20.8. The van der Waals surface area contributed by atoms with E-state index in [4.69, 9.17) is 5.11 Å². The molecule has 1 aromatic heterocycles. The Hall–Kier alpha value is -3.82. The van der Waals surface area contributed by atoms with E-state index in [2.05, 4.69) is 35.5 Å². The summed E-state index contributed by atoms with van der Waals surface area (Å²) >= 11 is 1.55. The molecule has 0 spiro atoms. The fourth-order valence-corrected chi connectivity index (χ4v) is 4.70. The van der Waals surface area contributed by atoms with E-state index in [1.54, 1.807) is 18.1 Å². The van der Waals surface area contributed by atoms with Crippen LogP contribution in [0, 0.1) is 6.92 Å². The van der Waals surface area contributed by atoms with Gasteiger partial charge in [0.05, 0.1) is 24.5 Å². The summed E-state index contributed by atoms with van der Waals surface area (Å²) in [5.41, 5.74) is 2.72. The SMILES string of the molecule is Cc1cc(N(C2=CN(Sc3cccc(CC(=O)O)c3)CC3=NC=C[N+]23)c2ccccc2)n[nH]1. The smallest absolute Gasteiger partial charge is 0.307 e. The van der Waals surface area contributed by atoms with Gasteiger partial charge in [0.25, 0.3) is 11.7 Å². The summed E-state index contributed by atoms with van der Waals surface area (Å²) in [6.07, 6.45) is 5.82. The molecule has 2 aliphatic rings. The van der Waals surface area contributed by atoms with E-state index in [1.807, 2.05) is 73.8 Å². The van der Waals surface area contributed by atoms with Gasteiger partial charge in [-0.05, 0) is 53.6 Å². The number of benzene rings is 2. The first-order valence-corrected chi connectivity index (χ1v) is 11.2. The fraction of sp³-hybridized carbons (Fsp3) is 0.125. The summed E-state index contributed by atoms with van der Waals surface area (Å²) in [6.45, 7) is 2.58. The van der Waals surface area contributed by atoms with E-state index in [0.29, 0.717) is 6.54 Å². The molecule has 0 aliphatic carbocycles. The van der Waals surface area contributed by atoms with Gasteiger partial charge in [-0.2, -0.15) is 10.1 Å². The van der Waals surface area contributed by atoms with Gasteiger partial charge < -0.3 is 5.11 Å². The maximum absolute atomic E-state index is 11.1. The number of carboxylic acid groups (broad SMARTS) is 1. The second kappa shape index (κ2) is 8.97. The van der Waals surface area contributed by atoms with Crippen LogP contribution < -0.4 is 9.80 Å². The summed E-state index contributed by atoms with van der Waals surface area (Å²) in [5.74, 6) is 1.72. The van der Waals surface area contributed by atoms with Crippen LogP contribution in [0.25, 0.3) is 0 Å². The molecule has 1 radical (unpaired) electrons. The first-order valence-electron chi connectivity index (χ1n) is 10.4. The molecule has 2 N–H and O–H groups in total. The molecule has 0 saturated heterocycles. The van der Waals surface area contributed by atoms with E-state index in [0.717, 1.165) is 39.3 Å². The van der Waals surface area contributed by atoms with Crippen molar-refractivity contribution in [2.45, 2.75) is 18.2 Å². The molecule has 0 unspecified atom stereocenters. The molecule has 3 heterocycles. The Morgan fingerprint density at radius 1 is 1.21 bits per heavy atom. The Labute approximate surface area is 195 Å². The third-order valence-electron chi connectivity index (χ3n) is 5.16. The minimum Gasteiger partial charge on any atom is -0.481 e. The Morgan fingerprint density at radius 2 is 2.06 bits per heavy atom. The molecule has 8 nitrogen and oxygen atoms in total. The molecule has 0 bridgehead atoms. The number of carbonyl (C=O) groups is 1. The van der Waals surface area contributed by atoms with E-state index >= 15 is 0 Å². The number of hydrogen-bond donors (Lipinski definition) is 2. The lowest BCUT2D eigenvalue weighted by atomic mass is 10.2. The Bertz CT molecular complexity index is 1270. The number of anilines is 2. The van der Waals surface area contributed by atoms with Crippen LogP contribution in [-0.2, 0) is 11.2 Å². The molecule has 2 aromatic carbocycles. The van der Waals surface area contributed by atoms with Gasteiger partial charge in [-0.3, -0.25) is 14.2 Å². The predicted octanol–water partition coefficient (Wildman–Crippen LogP) is 4.33. The fourth-order valence-electron chi connectivity index (χ4n) is 3.76. The molecule has 0 fully saturated rings. The zero-order valence-electron chi connectivity index (χ0n) is 17.9. The molecule has 0 amide bonds. The first kappa shape index (κ1) is 21.0. The highest BCUT2D eigenvalue weighted by Gasteiger charge is 2.41. The van der Waals surface area contributed by atoms with Crippen LogP contribution in [0.2, 0.25) is 0 Å². The molecule has 9 heteroatoms. The summed E-state index contributed by atoms with van der Waals surface area (Å²) in [7, 11) is 0. The van der Waals surface area contributed by atoms with Crippen LogP contribution in [-0.4, -0.2) is 38.0 Å². The van der Waals surface area contributed by atoms with Gasteiger partial charge in [0.1, 0.15) is 6.54 Å². The van der Waals surface area contributed by atoms with Crippen LogP contribution in [0.15, 0.2) is 95.0 Å². The second-order valence-electron chi connectivity index (χ2n) is 7.67. The summed E-state index contributed by atoms with van der Waals surface area (Å²) < 4.78 is 2.10. The molecule has 0 atom stereocenters. The standard InChI is InChI=1S/C24H22N6O2S/c1-17-12-21(27-26-17)30(19-7-3-2-4-8-19)23-16-28(15-22-25-10-11-29(22)23)33-20-9-5-6-18(13-20)14-24(31)32/h2-13,16H,14-15H2,1H3,(H,26,27)(H,31,32)/q+1. The van der Waals surface area contributed by atoms with E-state index in [1.165, 1.54) is 0 Å². The number of aromatic nitrogens is 2. The number of rotatable bonds is 7. The average molecular weight is 459 g/mol. The van der Waals surface area contributed by atoms with Crippen LogP contribution in [0.3, 0.4) is 0 Å². The number of aryl methyl sites for hydroxylation is 1. The lowest BCUT2D eigenvalue weighted by Crippen LogP contribution is -2.45. The predicted molar refractivity (Wildman–Crippen MR) is 129 cm³/mol. The third kappa shape index (κ3) is 4.55. The van der Waals surface area contributed by atoms with Crippen molar-refractivity contribution in [2.75, 3.05) is 11.4 Å². The van der Waals surface area contributed by atoms with Crippen molar-refractivity contribution >= 4 is 35.3 Å². The summed E-state index contributed by atoms with van der Waals surface area (Å²) in [6, 6.07) is 19.7. The number of aliphatic carboxylic acids is 1. The largest absolute Gasteiger partial charge is 0.481 e.